The highest BCUT2D eigenvalue weighted by molar-refractivity contribution is 5.84. The van der Waals surface area contributed by atoms with Crippen molar-refractivity contribution in [3.05, 3.63) is 0 Å². The second kappa shape index (κ2) is 6.37. The summed E-state index contributed by atoms with van der Waals surface area (Å²) in [5, 5.41) is 12.0. The van der Waals surface area contributed by atoms with Crippen LogP contribution in [0.25, 0.3) is 0 Å². The second-order valence-corrected chi connectivity index (χ2v) is 5.95. The molecular weight excluding hydrogens is 244 g/mol. The molecule has 0 aliphatic heterocycles. The number of amides is 1. The number of carbonyl (C=O) groups is 2. The lowest BCUT2D eigenvalue weighted by Crippen LogP contribution is -2.50. The first-order valence-corrected chi connectivity index (χ1v) is 7.12. The van der Waals surface area contributed by atoms with Crippen LogP contribution >= 0.6 is 0 Å². The van der Waals surface area contributed by atoms with Crippen LogP contribution in [0.1, 0.15) is 52.4 Å². The summed E-state index contributed by atoms with van der Waals surface area (Å²) in [5.74, 6) is -0.948. The zero-order valence-electron chi connectivity index (χ0n) is 12.0. The third-order valence-corrected chi connectivity index (χ3v) is 4.62. The van der Waals surface area contributed by atoms with Gasteiger partial charge in [-0.05, 0) is 26.2 Å². The first kappa shape index (κ1) is 16.0. The molecule has 0 saturated heterocycles. The minimum Gasteiger partial charge on any atom is -0.481 e. The molecule has 0 heterocycles. The number of hydrogen-bond donors (Lipinski definition) is 3. The third-order valence-electron chi connectivity index (χ3n) is 4.62. The van der Waals surface area contributed by atoms with E-state index in [9.17, 15) is 14.7 Å². The molecule has 110 valence electrons. The molecule has 0 aromatic heterocycles. The van der Waals surface area contributed by atoms with E-state index >= 15 is 0 Å². The maximum Gasteiger partial charge on any atom is 0.311 e. The Morgan fingerprint density at radius 2 is 1.89 bits per heavy atom. The lowest BCUT2D eigenvalue weighted by Gasteiger charge is -2.35. The predicted octanol–water partition coefficient (Wildman–Crippen LogP) is 1.51. The molecule has 1 saturated carbocycles. The van der Waals surface area contributed by atoms with Gasteiger partial charge < -0.3 is 16.2 Å². The molecule has 1 rings (SSSR count). The van der Waals surface area contributed by atoms with Crippen LogP contribution in [0.15, 0.2) is 0 Å². The number of carboxylic acids is 1. The fraction of sp³-hybridized carbons (Fsp3) is 0.857. The standard InChI is InChI=1S/C14H26N2O3/c1-3-13(2,12(18)19)10-16-11(17)14(9-15)7-5-4-6-8-14/h3-10,15H2,1-2H3,(H,16,17)(H,18,19). The summed E-state index contributed by atoms with van der Waals surface area (Å²) < 4.78 is 0. The number of carboxylic acid groups (broad SMARTS) is 1. The molecule has 0 bridgehead atoms. The van der Waals surface area contributed by atoms with Gasteiger partial charge in [-0.15, -0.1) is 0 Å². The van der Waals surface area contributed by atoms with Crippen molar-refractivity contribution in [2.75, 3.05) is 13.1 Å². The SMILES string of the molecule is CCC(C)(CNC(=O)C1(CN)CCCCC1)C(=O)O. The van der Waals surface area contributed by atoms with E-state index in [0.29, 0.717) is 13.0 Å². The molecule has 1 atom stereocenters. The number of carbonyl (C=O) groups excluding carboxylic acids is 1. The molecule has 5 nitrogen and oxygen atoms in total. The summed E-state index contributed by atoms with van der Waals surface area (Å²) in [4.78, 5) is 23.6. The first-order valence-electron chi connectivity index (χ1n) is 7.12. The lowest BCUT2D eigenvalue weighted by molar-refractivity contribution is -0.148. The summed E-state index contributed by atoms with van der Waals surface area (Å²) >= 11 is 0. The molecule has 5 heteroatoms. The van der Waals surface area contributed by atoms with Gasteiger partial charge in [-0.25, -0.2) is 0 Å². The van der Waals surface area contributed by atoms with Gasteiger partial charge in [0.1, 0.15) is 0 Å². The van der Waals surface area contributed by atoms with Gasteiger partial charge in [-0.1, -0.05) is 26.2 Å². The summed E-state index contributed by atoms with van der Waals surface area (Å²) in [6, 6.07) is 0. The summed E-state index contributed by atoms with van der Waals surface area (Å²) in [6.45, 7) is 3.99. The number of nitrogens with one attached hydrogen (secondary N) is 1. The van der Waals surface area contributed by atoms with Crippen molar-refractivity contribution in [2.24, 2.45) is 16.6 Å². The van der Waals surface area contributed by atoms with Crippen LogP contribution in [0.5, 0.6) is 0 Å². The van der Waals surface area contributed by atoms with Crippen LogP contribution in [-0.2, 0) is 9.59 Å². The van der Waals surface area contributed by atoms with Crippen molar-refractivity contribution in [1.29, 1.82) is 0 Å². The quantitative estimate of drug-likeness (QED) is 0.682. The summed E-state index contributed by atoms with van der Waals surface area (Å²) in [5.41, 5.74) is 4.41. The van der Waals surface area contributed by atoms with Gasteiger partial charge >= 0.3 is 5.97 Å². The fourth-order valence-corrected chi connectivity index (χ4v) is 2.57. The van der Waals surface area contributed by atoms with Crippen molar-refractivity contribution in [1.82, 2.24) is 5.32 Å². The van der Waals surface area contributed by atoms with Crippen LogP contribution in [0.3, 0.4) is 0 Å². The van der Waals surface area contributed by atoms with E-state index < -0.39 is 16.8 Å². The van der Waals surface area contributed by atoms with E-state index in [2.05, 4.69) is 5.32 Å². The molecule has 1 aliphatic carbocycles. The largest absolute Gasteiger partial charge is 0.481 e. The molecule has 1 fully saturated rings. The van der Waals surface area contributed by atoms with E-state index in [1.807, 2.05) is 6.92 Å². The second-order valence-electron chi connectivity index (χ2n) is 5.95. The van der Waals surface area contributed by atoms with Crippen molar-refractivity contribution >= 4 is 11.9 Å². The fourth-order valence-electron chi connectivity index (χ4n) is 2.57. The molecule has 1 aliphatic rings. The van der Waals surface area contributed by atoms with Crippen LogP contribution in [-0.4, -0.2) is 30.1 Å². The molecule has 4 N–H and O–H groups in total. The summed E-state index contributed by atoms with van der Waals surface area (Å²) in [7, 11) is 0. The monoisotopic (exact) mass is 270 g/mol. The molecular formula is C14H26N2O3. The van der Waals surface area contributed by atoms with Gasteiger partial charge in [0.25, 0.3) is 0 Å². The van der Waals surface area contributed by atoms with Crippen LogP contribution in [0, 0.1) is 10.8 Å². The average molecular weight is 270 g/mol. The molecule has 0 radical (unpaired) electrons. The van der Waals surface area contributed by atoms with Gasteiger partial charge in [0.2, 0.25) is 5.91 Å². The minimum absolute atomic E-state index is 0.0735. The van der Waals surface area contributed by atoms with Gasteiger partial charge in [-0.2, -0.15) is 0 Å². The molecule has 1 unspecified atom stereocenters. The third kappa shape index (κ3) is 3.47. The summed E-state index contributed by atoms with van der Waals surface area (Å²) in [6.07, 6.45) is 5.30. The van der Waals surface area contributed by atoms with Crippen molar-refractivity contribution < 1.29 is 14.7 Å². The highest BCUT2D eigenvalue weighted by atomic mass is 16.4. The molecule has 1 amide bonds. The van der Waals surface area contributed by atoms with E-state index in [0.717, 1.165) is 32.1 Å². The Bertz CT molecular complexity index is 338. The van der Waals surface area contributed by atoms with E-state index in [4.69, 9.17) is 5.73 Å². The highest BCUT2D eigenvalue weighted by Crippen LogP contribution is 2.35. The van der Waals surface area contributed by atoms with Crippen LogP contribution in [0.2, 0.25) is 0 Å². The van der Waals surface area contributed by atoms with Crippen molar-refractivity contribution in [2.45, 2.75) is 52.4 Å². The Kier molecular flexibility index (Phi) is 5.35. The van der Waals surface area contributed by atoms with Gasteiger partial charge in [0.05, 0.1) is 10.8 Å². The maximum absolute atomic E-state index is 12.4. The zero-order valence-corrected chi connectivity index (χ0v) is 12.0. The van der Waals surface area contributed by atoms with Crippen LogP contribution in [0.4, 0.5) is 0 Å². The predicted molar refractivity (Wildman–Crippen MR) is 73.6 cm³/mol. The highest BCUT2D eigenvalue weighted by Gasteiger charge is 2.40. The number of rotatable bonds is 6. The molecule has 0 aromatic carbocycles. The average Bonchev–Trinajstić information content (AvgIpc) is 2.44. The zero-order chi connectivity index (χ0) is 14.5. The smallest absolute Gasteiger partial charge is 0.311 e. The molecule has 0 aromatic rings. The topological polar surface area (TPSA) is 92.4 Å². The minimum atomic E-state index is -0.903. The Morgan fingerprint density at radius 1 is 1.32 bits per heavy atom. The van der Waals surface area contributed by atoms with Crippen LogP contribution < -0.4 is 11.1 Å². The van der Waals surface area contributed by atoms with Crippen molar-refractivity contribution in [3.8, 4) is 0 Å². The normalized spacial score (nSPS) is 21.4. The van der Waals surface area contributed by atoms with Gasteiger partial charge in [-0.3, -0.25) is 9.59 Å². The Balaban J connectivity index is 2.65. The Morgan fingerprint density at radius 3 is 2.32 bits per heavy atom. The first-order chi connectivity index (χ1) is 8.90. The number of hydrogen-bond acceptors (Lipinski definition) is 3. The van der Waals surface area contributed by atoms with E-state index in [-0.39, 0.29) is 12.5 Å². The van der Waals surface area contributed by atoms with Gasteiger partial charge in [0, 0.05) is 13.1 Å². The van der Waals surface area contributed by atoms with E-state index in [1.165, 1.54) is 0 Å². The number of nitrogens with two attached hydrogens (primary N) is 1. The van der Waals surface area contributed by atoms with E-state index in [1.54, 1.807) is 6.92 Å². The van der Waals surface area contributed by atoms with Gasteiger partial charge in [0.15, 0.2) is 0 Å². The van der Waals surface area contributed by atoms with Crippen molar-refractivity contribution in [3.63, 3.8) is 0 Å². The molecule has 0 spiro atoms. The molecule has 19 heavy (non-hydrogen) atoms. The lowest BCUT2D eigenvalue weighted by atomic mass is 9.73. The Hall–Kier alpha value is -1.10. The number of aliphatic carboxylic acids is 1. The maximum atomic E-state index is 12.4. The Labute approximate surface area is 114 Å².